The second kappa shape index (κ2) is 5.71. The predicted molar refractivity (Wildman–Crippen MR) is 76.1 cm³/mol. The van der Waals surface area contributed by atoms with Crippen LogP contribution in [0.3, 0.4) is 0 Å². The van der Waals surface area contributed by atoms with E-state index < -0.39 is 12.0 Å². The van der Waals surface area contributed by atoms with E-state index in [9.17, 15) is 4.79 Å². The number of carboxylic acids is 1. The highest BCUT2D eigenvalue weighted by Crippen LogP contribution is 2.21. The molecule has 0 unspecified atom stereocenters. The van der Waals surface area contributed by atoms with E-state index >= 15 is 0 Å². The number of allylic oxidation sites excluding steroid dienone is 2. The monoisotopic (exact) mass is 258 g/mol. The summed E-state index contributed by atoms with van der Waals surface area (Å²) in [6.45, 7) is 2.00. The number of benzene rings is 1. The lowest BCUT2D eigenvalue weighted by atomic mass is 10.0. The first-order valence-electron chi connectivity index (χ1n) is 6.30. The molecular weight excluding hydrogens is 240 g/mol. The molecule has 1 aromatic carbocycles. The number of carbonyl (C=O) groups is 1. The highest BCUT2D eigenvalue weighted by Gasteiger charge is 2.14. The molecular formula is C15H18N2O2. The van der Waals surface area contributed by atoms with Gasteiger partial charge in [0.15, 0.2) is 0 Å². The third-order valence-electron chi connectivity index (χ3n) is 3.18. The zero-order valence-electron chi connectivity index (χ0n) is 10.9. The number of hydrogen-bond donors (Lipinski definition) is 3. The van der Waals surface area contributed by atoms with Gasteiger partial charge in [-0.05, 0) is 30.5 Å². The Balaban J connectivity index is 2.26. The van der Waals surface area contributed by atoms with E-state index in [1.165, 1.54) is 5.56 Å². The molecule has 1 aromatic heterocycles. The molecule has 19 heavy (non-hydrogen) atoms. The van der Waals surface area contributed by atoms with E-state index in [1.54, 1.807) is 0 Å². The average molecular weight is 258 g/mol. The Morgan fingerprint density at radius 3 is 3.00 bits per heavy atom. The fourth-order valence-electron chi connectivity index (χ4n) is 2.11. The number of rotatable bonds is 5. The largest absolute Gasteiger partial charge is 0.480 e. The number of nitrogens with two attached hydrogens (primary N) is 1. The molecule has 0 bridgehead atoms. The first-order valence-corrected chi connectivity index (χ1v) is 6.30. The lowest BCUT2D eigenvalue weighted by Crippen LogP contribution is -2.32. The number of aromatic nitrogens is 1. The highest BCUT2D eigenvalue weighted by molar-refractivity contribution is 5.85. The Kier molecular flexibility index (Phi) is 4.02. The van der Waals surface area contributed by atoms with Crippen LogP contribution in [-0.2, 0) is 17.6 Å². The zero-order chi connectivity index (χ0) is 13.8. The lowest BCUT2D eigenvalue weighted by Gasteiger charge is -2.05. The minimum atomic E-state index is -0.973. The van der Waals surface area contributed by atoms with Crippen LogP contribution >= 0.6 is 0 Å². The van der Waals surface area contributed by atoms with Crippen molar-refractivity contribution in [3.8, 4) is 0 Å². The van der Waals surface area contributed by atoms with Gasteiger partial charge < -0.3 is 15.8 Å². The van der Waals surface area contributed by atoms with Gasteiger partial charge in [-0.1, -0.05) is 24.3 Å². The van der Waals surface area contributed by atoms with Crippen molar-refractivity contribution in [2.45, 2.75) is 25.8 Å². The van der Waals surface area contributed by atoms with Gasteiger partial charge in [-0.2, -0.15) is 0 Å². The smallest absolute Gasteiger partial charge is 0.320 e. The minimum absolute atomic E-state index is 0.337. The van der Waals surface area contributed by atoms with Gasteiger partial charge in [0.25, 0.3) is 0 Å². The summed E-state index contributed by atoms with van der Waals surface area (Å²) in [5, 5.41) is 9.89. The van der Waals surface area contributed by atoms with Crippen molar-refractivity contribution in [1.82, 2.24) is 4.98 Å². The van der Waals surface area contributed by atoms with Gasteiger partial charge >= 0.3 is 5.97 Å². The molecule has 2 rings (SSSR count). The third-order valence-corrected chi connectivity index (χ3v) is 3.18. The van der Waals surface area contributed by atoms with Gasteiger partial charge in [-0.15, -0.1) is 0 Å². The number of hydrogen-bond acceptors (Lipinski definition) is 2. The Bertz CT molecular complexity index is 614. The summed E-state index contributed by atoms with van der Waals surface area (Å²) in [7, 11) is 0. The summed E-state index contributed by atoms with van der Waals surface area (Å²) < 4.78 is 0. The molecule has 4 heteroatoms. The molecule has 0 radical (unpaired) electrons. The van der Waals surface area contributed by atoms with E-state index in [4.69, 9.17) is 10.8 Å². The SMILES string of the molecule is C/C=C/Cc1ccc2c(C[C@H](N)C(=O)O)c[nH]c2c1. The number of aliphatic carboxylic acids is 1. The summed E-state index contributed by atoms with van der Waals surface area (Å²) >= 11 is 0. The quantitative estimate of drug-likeness (QED) is 0.720. The van der Waals surface area contributed by atoms with Crippen molar-refractivity contribution in [3.05, 3.63) is 47.7 Å². The molecule has 1 heterocycles. The maximum absolute atomic E-state index is 10.8. The van der Waals surface area contributed by atoms with Crippen molar-refractivity contribution in [3.63, 3.8) is 0 Å². The van der Waals surface area contributed by atoms with Crippen molar-refractivity contribution < 1.29 is 9.90 Å². The Morgan fingerprint density at radius 1 is 1.53 bits per heavy atom. The standard InChI is InChI=1S/C15H18N2O2/c1-2-3-4-10-5-6-12-11(8-13(16)15(18)19)9-17-14(12)7-10/h2-3,5-7,9,13,17H,4,8,16H2,1H3,(H,18,19)/b3-2+/t13-/m0/s1. The number of aromatic amines is 1. The van der Waals surface area contributed by atoms with Crippen LogP contribution in [0.5, 0.6) is 0 Å². The molecule has 0 saturated heterocycles. The van der Waals surface area contributed by atoms with E-state index in [0.717, 1.165) is 22.9 Å². The lowest BCUT2D eigenvalue weighted by molar-refractivity contribution is -0.138. The Hall–Kier alpha value is -2.07. The molecule has 0 spiro atoms. The van der Waals surface area contributed by atoms with Gasteiger partial charge in [-0.25, -0.2) is 0 Å². The Labute approximate surface area is 111 Å². The van der Waals surface area contributed by atoms with Crippen molar-refractivity contribution in [2.24, 2.45) is 5.73 Å². The number of carboxylic acid groups (broad SMARTS) is 1. The van der Waals surface area contributed by atoms with Crippen molar-refractivity contribution in [2.75, 3.05) is 0 Å². The van der Waals surface area contributed by atoms with Crippen LogP contribution in [0.25, 0.3) is 10.9 Å². The highest BCUT2D eigenvalue weighted by atomic mass is 16.4. The van der Waals surface area contributed by atoms with Gasteiger partial charge in [0.1, 0.15) is 6.04 Å². The Morgan fingerprint density at radius 2 is 2.32 bits per heavy atom. The number of H-pyrrole nitrogens is 1. The first kappa shape index (κ1) is 13.4. The van der Waals surface area contributed by atoms with Gasteiger partial charge in [0.2, 0.25) is 0 Å². The molecule has 0 saturated carbocycles. The van der Waals surface area contributed by atoms with Crippen LogP contribution in [0.1, 0.15) is 18.1 Å². The van der Waals surface area contributed by atoms with Gasteiger partial charge in [0.05, 0.1) is 0 Å². The first-order chi connectivity index (χ1) is 9.11. The summed E-state index contributed by atoms with van der Waals surface area (Å²) in [6, 6.07) is 5.31. The van der Waals surface area contributed by atoms with Crippen LogP contribution in [0, 0.1) is 0 Å². The molecule has 0 aliphatic carbocycles. The van der Waals surface area contributed by atoms with Crippen molar-refractivity contribution >= 4 is 16.9 Å². The molecule has 100 valence electrons. The summed E-state index contributed by atoms with van der Waals surface area (Å²) in [5.41, 5.74) is 8.76. The summed E-state index contributed by atoms with van der Waals surface area (Å²) in [5.74, 6) is -0.973. The maximum atomic E-state index is 10.8. The minimum Gasteiger partial charge on any atom is -0.480 e. The van der Waals surface area contributed by atoms with Gasteiger partial charge in [0, 0.05) is 23.5 Å². The van der Waals surface area contributed by atoms with Crippen molar-refractivity contribution in [1.29, 1.82) is 0 Å². The van der Waals surface area contributed by atoms with E-state index in [1.807, 2.05) is 25.3 Å². The fourth-order valence-corrected chi connectivity index (χ4v) is 2.11. The third kappa shape index (κ3) is 3.03. The summed E-state index contributed by atoms with van der Waals surface area (Å²) in [4.78, 5) is 14.0. The number of fused-ring (bicyclic) bond motifs is 1. The van der Waals surface area contributed by atoms with Crippen LogP contribution in [0.2, 0.25) is 0 Å². The predicted octanol–water partition coefficient (Wildman–Crippen LogP) is 2.24. The molecule has 0 aliphatic heterocycles. The van der Waals surface area contributed by atoms with Crippen LogP contribution < -0.4 is 5.73 Å². The van der Waals surface area contributed by atoms with Gasteiger partial charge in [-0.3, -0.25) is 4.79 Å². The molecule has 2 aromatic rings. The molecule has 0 aliphatic rings. The molecule has 1 atom stereocenters. The topological polar surface area (TPSA) is 79.1 Å². The zero-order valence-corrected chi connectivity index (χ0v) is 10.9. The fraction of sp³-hybridized carbons (Fsp3) is 0.267. The molecule has 4 nitrogen and oxygen atoms in total. The average Bonchev–Trinajstić information content (AvgIpc) is 2.78. The van der Waals surface area contributed by atoms with Crippen LogP contribution in [0.4, 0.5) is 0 Å². The van der Waals surface area contributed by atoms with Crippen LogP contribution in [-0.4, -0.2) is 22.1 Å². The van der Waals surface area contributed by atoms with E-state index in [0.29, 0.717) is 6.42 Å². The molecule has 0 fully saturated rings. The normalized spacial score (nSPS) is 13.2. The van der Waals surface area contributed by atoms with Crippen LogP contribution in [0.15, 0.2) is 36.5 Å². The number of nitrogens with one attached hydrogen (secondary N) is 1. The second-order valence-electron chi connectivity index (χ2n) is 4.62. The molecule has 4 N–H and O–H groups in total. The summed E-state index contributed by atoms with van der Waals surface area (Å²) in [6.07, 6.45) is 7.20. The second-order valence-corrected chi connectivity index (χ2v) is 4.62. The maximum Gasteiger partial charge on any atom is 0.320 e. The van der Waals surface area contributed by atoms with E-state index in [-0.39, 0.29) is 0 Å². The molecule has 0 amide bonds. The van der Waals surface area contributed by atoms with E-state index in [2.05, 4.69) is 23.2 Å².